The maximum atomic E-state index is 4.20. The average Bonchev–Trinajstić information content (AvgIpc) is 2.49. The molecular formula is C11H18BrN3. The van der Waals surface area contributed by atoms with E-state index < -0.39 is 0 Å². The normalized spacial score (nSPS) is 28.2. The van der Waals surface area contributed by atoms with Gasteiger partial charge in [0.2, 0.25) is 0 Å². The van der Waals surface area contributed by atoms with Crippen molar-refractivity contribution in [3.63, 3.8) is 0 Å². The maximum Gasteiger partial charge on any atom is 0.0534 e. The number of hydrogen-bond donors (Lipinski definition) is 0. The van der Waals surface area contributed by atoms with Gasteiger partial charge in [-0.3, -0.25) is 9.58 Å². The third kappa shape index (κ3) is 3.05. The number of likely N-dealkylation sites (tertiary alicyclic amines) is 1. The summed E-state index contributed by atoms with van der Waals surface area (Å²) >= 11 is 3.73. The lowest BCUT2D eigenvalue weighted by Crippen LogP contribution is -2.39. The van der Waals surface area contributed by atoms with Gasteiger partial charge in [-0.15, -0.1) is 0 Å². The van der Waals surface area contributed by atoms with E-state index in [0.717, 1.165) is 19.0 Å². The fraction of sp³-hybridized carbons (Fsp3) is 0.727. The Bertz CT molecular complexity index is 313. The molecule has 2 rings (SSSR count). The Morgan fingerprint density at radius 1 is 1.53 bits per heavy atom. The van der Waals surface area contributed by atoms with Crippen molar-refractivity contribution in [1.29, 1.82) is 0 Å². The zero-order valence-electron chi connectivity index (χ0n) is 9.36. The SMILES string of the molecule is CC1CC(Br)CN(Cc2cnn(C)c2)C1. The van der Waals surface area contributed by atoms with E-state index in [1.807, 2.05) is 17.9 Å². The van der Waals surface area contributed by atoms with E-state index in [1.165, 1.54) is 18.5 Å². The summed E-state index contributed by atoms with van der Waals surface area (Å²) in [7, 11) is 1.97. The summed E-state index contributed by atoms with van der Waals surface area (Å²) in [6.45, 7) is 5.71. The van der Waals surface area contributed by atoms with Crippen LogP contribution in [0.5, 0.6) is 0 Å². The third-order valence-electron chi connectivity index (χ3n) is 2.85. The Labute approximate surface area is 99.6 Å². The topological polar surface area (TPSA) is 21.1 Å². The largest absolute Gasteiger partial charge is 0.298 e. The van der Waals surface area contributed by atoms with Crippen LogP contribution in [0, 0.1) is 5.92 Å². The first-order chi connectivity index (χ1) is 7.13. The van der Waals surface area contributed by atoms with E-state index in [-0.39, 0.29) is 0 Å². The summed E-state index contributed by atoms with van der Waals surface area (Å²) in [6.07, 6.45) is 5.36. The van der Waals surface area contributed by atoms with Crippen LogP contribution in [0.1, 0.15) is 18.9 Å². The molecule has 0 amide bonds. The molecule has 84 valence electrons. The van der Waals surface area contributed by atoms with Crippen LogP contribution in [0.4, 0.5) is 0 Å². The Balaban J connectivity index is 1.94. The lowest BCUT2D eigenvalue weighted by molar-refractivity contribution is 0.183. The molecule has 1 aromatic rings. The number of alkyl halides is 1. The minimum atomic E-state index is 0.651. The quantitative estimate of drug-likeness (QED) is 0.768. The molecule has 2 heterocycles. The molecule has 0 bridgehead atoms. The van der Waals surface area contributed by atoms with Crippen molar-refractivity contribution in [3.8, 4) is 0 Å². The highest BCUT2D eigenvalue weighted by Crippen LogP contribution is 2.22. The molecule has 0 aliphatic carbocycles. The molecule has 1 aliphatic rings. The van der Waals surface area contributed by atoms with E-state index in [9.17, 15) is 0 Å². The third-order valence-corrected chi connectivity index (χ3v) is 3.51. The molecule has 0 radical (unpaired) electrons. The standard InChI is InChI=1S/C11H18BrN3/c1-9-3-11(12)8-15(5-9)7-10-4-13-14(2)6-10/h4,6,9,11H,3,5,7-8H2,1-2H3. The fourth-order valence-electron chi connectivity index (χ4n) is 2.32. The van der Waals surface area contributed by atoms with Crippen molar-refractivity contribution in [3.05, 3.63) is 18.0 Å². The van der Waals surface area contributed by atoms with Gasteiger partial charge in [-0.1, -0.05) is 22.9 Å². The number of hydrogen-bond acceptors (Lipinski definition) is 2. The number of halogens is 1. The molecule has 15 heavy (non-hydrogen) atoms. The molecule has 1 aromatic heterocycles. The van der Waals surface area contributed by atoms with Crippen molar-refractivity contribution in [1.82, 2.24) is 14.7 Å². The summed E-state index contributed by atoms with van der Waals surface area (Å²) in [6, 6.07) is 0. The van der Waals surface area contributed by atoms with Crippen molar-refractivity contribution >= 4 is 15.9 Å². The second-order valence-corrected chi connectivity index (χ2v) is 5.95. The summed E-state index contributed by atoms with van der Waals surface area (Å²) in [5, 5.41) is 4.20. The molecule has 0 N–H and O–H groups in total. The molecule has 0 saturated carbocycles. The fourth-order valence-corrected chi connectivity index (χ4v) is 3.37. The Hall–Kier alpha value is -0.350. The lowest BCUT2D eigenvalue weighted by atomic mass is 10.00. The van der Waals surface area contributed by atoms with Crippen molar-refractivity contribution < 1.29 is 0 Å². The zero-order valence-corrected chi connectivity index (χ0v) is 10.9. The number of rotatable bonds is 2. The highest BCUT2D eigenvalue weighted by molar-refractivity contribution is 9.09. The minimum Gasteiger partial charge on any atom is -0.298 e. The van der Waals surface area contributed by atoms with Gasteiger partial charge in [-0.05, 0) is 12.3 Å². The van der Waals surface area contributed by atoms with Crippen LogP contribution in [0.25, 0.3) is 0 Å². The van der Waals surface area contributed by atoms with Gasteiger partial charge in [0, 0.05) is 43.3 Å². The van der Waals surface area contributed by atoms with E-state index in [2.05, 4.69) is 39.0 Å². The predicted molar refractivity (Wildman–Crippen MR) is 65.0 cm³/mol. The van der Waals surface area contributed by atoms with Gasteiger partial charge in [-0.2, -0.15) is 5.10 Å². The second-order valence-electron chi connectivity index (χ2n) is 4.65. The first kappa shape index (κ1) is 11.1. The van der Waals surface area contributed by atoms with Gasteiger partial charge in [0.15, 0.2) is 0 Å². The zero-order chi connectivity index (χ0) is 10.8. The summed E-state index contributed by atoms with van der Waals surface area (Å²) in [5.74, 6) is 0.791. The van der Waals surface area contributed by atoms with Crippen LogP contribution in [-0.2, 0) is 13.6 Å². The van der Waals surface area contributed by atoms with E-state index in [0.29, 0.717) is 4.83 Å². The molecule has 3 nitrogen and oxygen atoms in total. The van der Waals surface area contributed by atoms with Crippen molar-refractivity contribution in [2.75, 3.05) is 13.1 Å². The van der Waals surface area contributed by atoms with Crippen LogP contribution in [0.15, 0.2) is 12.4 Å². The molecular weight excluding hydrogens is 254 g/mol. The van der Waals surface area contributed by atoms with E-state index in [1.54, 1.807) is 0 Å². The molecule has 1 saturated heterocycles. The molecule has 2 atom stereocenters. The smallest absolute Gasteiger partial charge is 0.0534 e. The Morgan fingerprint density at radius 3 is 2.93 bits per heavy atom. The minimum absolute atomic E-state index is 0.651. The molecule has 2 unspecified atom stereocenters. The first-order valence-corrected chi connectivity index (χ1v) is 6.39. The van der Waals surface area contributed by atoms with E-state index >= 15 is 0 Å². The monoisotopic (exact) mass is 271 g/mol. The van der Waals surface area contributed by atoms with Gasteiger partial charge in [-0.25, -0.2) is 0 Å². The molecule has 4 heteroatoms. The average molecular weight is 272 g/mol. The van der Waals surface area contributed by atoms with Gasteiger partial charge < -0.3 is 0 Å². The first-order valence-electron chi connectivity index (χ1n) is 5.47. The number of aryl methyl sites for hydroxylation is 1. The predicted octanol–water partition coefficient (Wildman–Crippen LogP) is 2.03. The van der Waals surface area contributed by atoms with Crippen LogP contribution >= 0.6 is 15.9 Å². The van der Waals surface area contributed by atoms with Gasteiger partial charge in [0.05, 0.1) is 6.20 Å². The van der Waals surface area contributed by atoms with Crippen LogP contribution in [-0.4, -0.2) is 32.6 Å². The van der Waals surface area contributed by atoms with E-state index in [4.69, 9.17) is 0 Å². The van der Waals surface area contributed by atoms with Crippen LogP contribution < -0.4 is 0 Å². The number of nitrogens with zero attached hydrogens (tertiary/aromatic N) is 3. The molecule has 0 spiro atoms. The highest BCUT2D eigenvalue weighted by atomic mass is 79.9. The summed E-state index contributed by atoms with van der Waals surface area (Å²) in [5.41, 5.74) is 1.31. The molecule has 0 aromatic carbocycles. The highest BCUT2D eigenvalue weighted by Gasteiger charge is 2.22. The molecule has 1 fully saturated rings. The van der Waals surface area contributed by atoms with Gasteiger partial charge in [0.25, 0.3) is 0 Å². The van der Waals surface area contributed by atoms with Gasteiger partial charge in [0.1, 0.15) is 0 Å². The second kappa shape index (κ2) is 4.66. The summed E-state index contributed by atoms with van der Waals surface area (Å²) < 4.78 is 1.87. The lowest BCUT2D eigenvalue weighted by Gasteiger charge is -2.33. The number of piperidine rings is 1. The van der Waals surface area contributed by atoms with Crippen LogP contribution in [0.3, 0.4) is 0 Å². The maximum absolute atomic E-state index is 4.20. The molecule has 1 aliphatic heterocycles. The summed E-state index contributed by atoms with van der Waals surface area (Å²) in [4.78, 5) is 3.16. The van der Waals surface area contributed by atoms with Crippen LogP contribution in [0.2, 0.25) is 0 Å². The van der Waals surface area contributed by atoms with Crippen molar-refractivity contribution in [2.45, 2.75) is 24.7 Å². The van der Waals surface area contributed by atoms with Gasteiger partial charge >= 0.3 is 0 Å². The van der Waals surface area contributed by atoms with Crippen molar-refractivity contribution in [2.24, 2.45) is 13.0 Å². The Morgan fingerprint density at radius 2 is 2.33 bits per heavy atom. The number of aromatic nitrogens is 2. The Kier molecular flexibility index (Phi) is 3.46.